The second-order valence-corrected chi connectivity index (χ2v) is 2.51. The van der Waals surface area contributed by atoms with Crippen LogP contribution in [-0.2, 0) is 0 Å². The first-order valence-corrected chi connectivity index (χ1v) is 3.93. The maximum Gasteiger partial charge on any atom is 0.348 e. The third-order valence-electron chi connectivity index (χ3n) is 1.30. The van der Waals surface area contributed by atoms with Crippen LogP contribution in [0.4, 0.5) is 11.5 Å². The second kappa shape index (κ2) is 3.99. The van der Waals surface area contributed by atoms with E-state index in [9.17, 15) is 10.1 Å². The van der Waals surface area contributed by atoms with Gasteiger partial charge in [-0.05, 0) is 6.92 Å². The smallest absolute Gasteiger partial charge is 0.348 e. The van der Waals surface area contributed by atoms with Crippen LogP contribution in [0.25, 0.3) is 0 Å². The van der Waals surface area contributed by atoms with Gasteiger partial charge >= 0.3 is 5.69 Å². The van der Waals surface area contributed by atoms with Crippen molar-refractivity contribution in [3.05, 3.63) is 21.6 Å². The van der Waals surface area contributed by atoms with Gasteiger partial charge < -0.3 is 5.32 Å². The first-order valence-electron chi connectivity index (χ1n) is 3.55. The van der Waals surface area contributed by atoms with Crippen molar-refractivity contribution in [1.82, 2.24) is 9.97 Å². The first kappa shape index (κ1) is 9.66. The van der Waals surface area contributed by atoms with E-state index in [0.717, 1.165) is 0 Å². The van der Waals surface area contributed by atoms with E-state index < -0.39 is 4.92 Å². The predicted molar refractivity (Wildman–Crippen MR) is 47.9 cm³/mol. The van der Waals surface area contributed by atoms with E-state index in [1.165, 1.54) is 6.33 Å². The summed E-state index contributed by atoms with van der Waals surface area (Å²) in [5, 5.41) is 13.1. The summed E-state index contributed by atoms with van der Waals surface area (Å²) in [5.74, 6) is 0.146. The molecule has 0 spiro atoms. The summed E-state index contributed by atoms with van der Waals surface area (Å²) in [6.45, 7) is 2.34. The lowest BCUT2D eigenvalue weighted by molar-refractivity contribution is -0.384. The summed E-state index contributed by atoms with van der Waals surface area (Å²) in [5.41, 5.74) is -0.286. The van der Waals surface area contributed by atoms with Crippen molar-refractivity contribution in [2.24, 2.45) is 0 Å². The number of hydrogen-bond acceptors (Lipinski definition) is 5. The van der Waals surface area contributed by atoms with Gasteiger partial charge in [0.1, 0.15) is 6.33 Å². The molecule has 0 saturated carbocycles. The first-order chi connectivity index (χ1) is 6.16. The highest BCUT2D eigenvalue weighted by Gasteiger charge is 2.20. The van der Waals surface area contributed by atoms with Crippen LogP contribution in [0.3, 0.4) is 0 Å². The second-order valence-electron chi connectivity index (χ2n) is 2.15. The maximum atomic E-state index is 10.5. The summed E-state index contributed by atoms with van der Waals surface area (Å²) in [7, 11) is 0. The summed E-state index contributed by atoms with van der Waals surface area (Å²) in [6.07, 6.45) is 1.17. The molecule has 0 radical (unpaired) electrons. The molecule has 0 fully saturated rings. The van der Waals surface area contributed by atoms with Gasteiger partial charge in [0.2, 0.25) is 11.0 Å². The van der Waals surface area contributed by atoms with Gasteiger partial charge in [0.25, 0.3) is 0 Å². The van der Waals surface area contributed by atoms with Crippen LogP contribution in [0, 0.1) is 10.1 Å². The lowest BCUT2D eigenvalue weighted by Crippen LogP contribution is -2.04. The van der Waals surface area contributed by atoms with E-state index in [1.54, 1.807) is 6.92 Å². The molecule has 7 heteroatoms. The summed E-state index contributed by atoms with van der Waals surface area (Å²) < 4.78 is 0. The highest BCUT2D eigenvalue weighted by atomic mass is 35.5. The number of halogens is 1. The SMILES string of the molecule is CCNc1ncnc(Cl)c1[N+](=O)[O-]. The number of hydrogen-bond donors (Lipinski definition) is 1. The molecule has 0 aliphatic rings. The Morgan fingerprint density at radius 3 is 2.92 bits per heavy atom. The highest BCUT2D eigenvalue weighted by molar-refractivity contribution is 6.31. The Labute approximate surface area is 79.1 Å². The van der Waals surface area contributed by atoms with Crippen LogP contribution < -0.4 is 5.32 Å². The van der Waals surface area contributed by atoms with E-state index in [2.05, 4.69) is 15.3 Å². The zero-order valence-corrected chi connectivity index (χ0v) is 7.58. The van der Waals surface area contributed by atoms with E-state index >= 15 is 0 Å². The molecule has 0 aromatic carbocycles. The minimum absolute atomic E-state index is 0.146. The molecule has 0 amide bonds. The zero-order valence-electron chi connectivity index (χ0n) is 6.82. The molecule has 0 atom stereocenters. The molecule has 0 saturated heterocycles. The van der Waals surface area contributed by atoms with E-state index in [4.69, 9.17) is 11.6 Å². The van der Waals surface area contributed by atoms with Crippen molar-refractivity contribution >= 4 is 23.1 Å². The fourth-order valence-corrected chi connectivity index (χ4v) is 1.02. The molecule has 13 heavy (non-hydrogen) atoms. The topological polar surface area (TPSA) is 81.0 Å². The molecule has 0 unspecified atom stereocenters. The molecule has 6 nitrogen and oxygen atoms in total. The predicted octanol–water partition coefficient (Wildman–Crippen LogP) is 1.47. The molecule has 0 aliphatic carbocycles. The van der Waals surface area contributed by atoms with Gasteiger partial charge in [0.15, 0.2) is 0 Å². The van der Waals surface area contributed by atoms with Crippen molar-refractivity contribution in [2.75, 3.05) is 11.9 Å². The van der Waals surface area contributed by atoms with Gasteiger partial charge in [-0.3, -0.25) is 10.1 Å². The van der Waals surface area contributed by atoms with Crippen molar-refractivity contribution in [3.63, 3.8) is 0 Å². The number of nitrogens with one attached hydrogen (secondary N) is 1. The normalized spacial score (nSPS) is 9.69. The standard InChI is InChI=1S/C6H7ClN4O2/c1-2-8-6-4(11(12)13)5(7)9-3-10-6/h3H,2H2,1H3,(H,8,9,10). The Kier molecular flexibility index (Phi) is 2.97. The van der Waals surface area contributed by atoms with Gasteiger partial charge in [-0.25, -0.2) is 9.97 Å². The molecule has 1 rings (SSSR count). The van der Waals surface area contributed by atoms with Crippen molar-refractivity contribution in [1.29, 1.82) is 0 Å². The lowest BCUT2D eigenvalue weighted by Gasteiger charge is -2.02. The molecular formula is C6H7ClN4O2. The minimum Gasteiger partial charge on any atom is -0.364 e. The third kappa shape index (κ3) is 2.03. The fourth-order valence-electron chi connectivity index (χ4n) is 0.816. The summed E-state index contributed by atoms with van der Waals surface area (Å²) in [6, 6.07) is 0. The van der Waals surface area contributed by atoms with Crippen LogP contribution in [0.1, 0.15) is 6.92 Å². The summed E-state index contributed by atoms with van der Waals surface area (Å²) >= 11 is 5.53. The molecule has 1 N–H and O–H groups in total. The van der Waals surface area contributed by atoms with Gasteiger partial charge in [-0.2, -0.15) is 0 Å². The number of aromatic nitrogens is 2. The van der Waals surface area contributed by atoms with Gasteiger partial charge in [0.05, 0.1) is 4.92 Å². The Bertz CT molecular complexity index is 330. The Hall–Kier alpha value is -1.43. The van der Waals surface area contributed by atoms with Gasteiger partial charge in [-0.15, -0.1) is 0 Å². The number of nitrogens with zero attached hydrogens (tertiary/aromatic N) is 3. The molecule has 1 aromatic heterocycles. The molecule has 0 aliphatic heterocycles. The van der Waals surface area contributed by atoms with Crippen molar-refractivity contribution in [3.8, 4) is 0 Å². The largest absolute Gasteiger partial charge is 0.364 e. The molecule has 0 bridgehead atoms. The molecular weight excluding hydrogens is 196 g/mol. The van der Waals surface area contributed by atoms with Crippen molar-refractivity contribution < 1.29 is 4.92 Å². The van der Waals surface area contributed by atoms with E-state index in [0.29, 0.717) is 6.54 Å². The molecule has 70 valence electrons. The quantitative estimate of drug-likeness (QED) is 0.456. The highest BCUT2D eigenvalue weighted by Crippen LogP contribution is 2.27. The van der Waals surface area contributed by atoms with Crippen LogP contribution >= 0.6 is 11.6 Å². The Balaban J connectivity index is 3.17. The van der Waals surface area contributed by atoms with Crippen LogP contribution in [-0.4, -0.2) is 21.4 Å². The van der Waals surface area contributed by atoms with Crippen LogP contribution in [0.15, 0.2) is 6.33 Å². The summed E-state index contributed by atoms with van der Waals surface area (Å²) in [4.78, 5) is 17.1. The zero-order chi connectivity index (χ0) is 9.84. The van der Waals surface area contributed by atoms with Crippen LogP contribution in [0.5, 0.6) is 0 Å². The molecule has 1 aromatic rings. The monoisotopic (exact) mass is 202 g/mol. The number of nitro groups is 1. The van der Waals surface area contributed by atoms with Gasteiger partial charge in [-0.1, -0.05) is 11.6 Å². The average molecular weight is 203 g/mol. The maximum absolute atomic E-state index is 10.5. The average Bonchev–Trinajstić information content (AvgIpc) is 2.04. The van der Waals surface area contributed by atoms with Crippen molar-refractivity contribution in [2.45, 2.75) is 6.92 Å². The van der Waals surface area contributed by atoms with Gasteiger partial charge in [0, 0.05) is 6.54 Å². The number of rotatable bonds is 3. The van der Waals surface area contributed by atoms with Crippen LogP contribution in [0.2, 0.25) is 5.15 Å². The lowest BCUT2D eigenvalue weighted by atomic mass is 10.5. The fraction of sp³-hybridized carbons (Fsp3) is 0.333. The Morgan fingerprint density at radius 1 is 1.69 bits per heavy atom. The third-order valence-corrected chi connectivity index (χ3v) is 1.58. The minimum atomic E-state index is -0.611. The number of anilines is 1. The van der Waals surface area contributed by atoms with E-state index in [-0.39, 0.29) is 16.7 Å². The van der Waals surface area contributed by atoms with E-state index in [1.807, 2.05) is 0 Å². The Morgan fingerprint density at radius 2 is 2.38 bits per heavy atom. The molecule has 1 heterocycles.